The van der Waals surface area contributed by atoms with Gasteiger partial charge >= 0.3 is 0 Å². The Balaban J connectivity index is 1.60. The van der Waals surface area contributed by atoms with Gasteiger partial charge in [-0.05, 0) is 25.3 Å². The van der Waals surface area contributed by atoms with Crippen LogP contribution in [0.5, 0.6) is 0 Å². The summed E-state index contributed by atoms with van der Waals surface area (Å²) in [6, 6.07) is 0. The van der Waals surface area contributed by atoms with Crippen molar-refractivity contribution in [2.24, 2.45) is 0 Å². The molecule has 0 aromatic carbocycles. The fourth-order valence-corrected chi connectivity index (χ4v) is 3.57. The number of aromatic nitrogens is 1. The zero-order chi connectivity index (χ0) is 13.4. The Morgan fingerprint density at radius 2 is 1.85 bits per heavy atom. The summed E-state index contributed by atoms with van der Waals surface area (Å²) in [7, 11) is 0. The summed E-state index contributed by atoms with van der Waals surface area (Å²) in [5.74, 6) is 0. The molecule has 1 aromatic heterocycles. The quantitative estimate of drug-likeness (QED) is 0.855. The number of hydrogen-bond donors (Lipinski definition) is 1. The summed E-state index contributed by atoms with van der Waals surface area (Å²) in [4.78, 5) is 10.8. The molecule has 0 saturated carbocycles. The van der Waals surface area contributed by atoms with Crippen molar-refractivity contribution in [3.63, 3.8) is 0 Å². The fourth-order valence-electron chi connectivity index (χ4n) is 3.57. The maximum atomic E-state index is 3.30. The number of nitrogens with one attached hydrogen (secondary N) is 1. The van der Waals surface area contributed by atoms with E-state index < -0.39 is 0 Å². The number of hydrogen-bond acceptors (Lipinski definition) is 3. The minimum atomic E-state index is 0.443. The largest absolute Gasteiger partial charge is 0.364 e. The van der Waals surface area contributed by atoms with E-state index in [-0.39, 0.29) is 0 Å². The highest BCUT2D eigenvalue weighted by atomic mass is 15.4. The number of nitrogens with zero attached hydrogens (tertiary/aromatic N) is 3. The van der Waals surface area contributed by atoms with Gasteiger partial charge < -0.3 is 14.8 Å². The van der Waals surface area contributed by atoms with Crippen LogP contribution in [0.25, 0.3) is 0 Å². The van der Waals surface area contributed by atoms with Crippen LogP contribution in [0.3, 0.4) is 0 Å². The second-order valence-corrected chi connectivity index (χ2v) is 5.83. The standard InChI is InChI=1S/C16H22N4/c1-2-8-18(7-1)14-12-17-13-15(14)20-11-5-6-16(20)19-9-3-4-10-19/h1,5-7,12-13,16-17H,2-4,8-11H2. The number of likely N-dealkylation sites (tertiary alicyclic amines) is 1. The average Bonchev–Trinajstić information content (AvgIpc) is 3.23. The molecule has 1 atom stereocenters. The molecule has 1 N–H and O–H groups in total. The first-order valence-corrected chi connectivity index (χ1v) is 7.71. The molecule has 20 heavy (non-hydrogen) atoms. The Morgan fingerprint density at radius 3 is 2.65 bits per heavy atom. The van der Waals surface area contributed by atoms with Crippen molar-refractivity contribution in [3.8, 4) is 0 Å². The molecule has 1 saturated heterocycles. The van der Waals surface area contributed by atoms with Crippen molar-refractivity contribution in [3.05, 3.63) is 36.8 Å². The molecule has 0 radical (unpaired) electrons. The van der Waals surface area contributed by atoms with Crippen LogP contribution in [0.4, 0.5) is 11.4 Å². The highest BCUT2D eigenvalue weighted by Crippen LogP contribution is 2.35. The highest BCUT2D eigenvalue weighted by Gasteiger charge is 2.30. The molecule has 0 amide bonds. The molecule has 4 heterocycles. The molecule has 0 aliphatic carbocycles. The van der Waals surface area contributed by atoms with Crippen molar-refractivity contribution >= 4 is 11.4 Å². The van der Waals surface area contributed by atoms with E-state index >= 15 is 0 Å². The molecule has 1 aromatic rings. The second kappa shape index (κ2) is 5.02. The van der Waals surface area contributed by atoms with Crippen molar-refractivity contribution in [1.82, 2.24) is 9.88 Å². The van der Waals surface area contributed by atoms with E-state index in [0.29, 0.717) is 6.17 Å². The minimum Gasteiger partial charge on any atom is -0.364 e. The van der Waals surface area contributed by atoms with Gasteiger partial charge in [-0.15, -0.1) is 0 Å². The third-order valence-electron chi connectivity index (χ3n) is 4.59. The highest BCUT2D eigenvalue weighted by molar-refractivity contribution is 5.73. The molecule has 4 heteroatoms. The van der Waals surface area contributed by atoms with Crippen molar-refractivity contribution < 1.29 is 0 Å². The van der Waals surface area contributed by atoms with E-state index in [1.165, 1.54) is 37.3 Å². The van der Waals surface area contributed by atoms with Crippen LogP contribution in [0.15, 0.2) is 36.8 Å². The number of aromatic amines is 1. The van der Waals surface area contributed by atoms with Gasteiger partial charge in [0.15, 0.2) is 0 Å². The molecule has 0 bridgehead atoms. The normalized spacial score (nSPS) is 26.3. The molecule has 0 spiro atoms. The smallest absolute Gasteiger partial charge is 0.102 e. The summed E-state index contributed by atoms with van der Waals surface area (Å²) >= 11 is 0. The van der Waals surface area contributed by atoms with E-state index in [1.807, 2.05) is 0 Å². The lowest BCUT2D eigenvalue weighted by molar-refractivity contribution is 0.285. The van der Waals surface area contributed by atoms with Crippen LogP contribution < -0.4 is 9.80 Å². The first-order chi connectivity index (χ1) is 9.93. The van der Waals surface area contributed by atoms with Gasteiger partial charge in [-0.1, -0.05) is 12.2 Å². The monoisotopic (exact) mass is 270 g/mol. The van der Waals surface area contributed by atoms with E-state index in [4.69, 9.17) is 0 Å². The third-order valence-corrected chi connectivity index (χ3v) is 4.59. The third kappa shape index (κ3) is 1.95. The molecule has 3 aliphatic rings. The van der Waals surface area contributed by atoms with Crippen molar-refractivity contribution in [1.29, 1.82) is 0 Å². The van der Waals surface area contributed by atoms with E-state index in [0.717, 1.165) is 19.5 Å². The van der Waals surface area contributed by atoms with E-state index in [9.17, 15) is 0 Å². The van der Waals surface area contributed by atoms with Crippen LogP contribution >= 0.6 is 0 Å². The summed E-state index contributed by atoms with van der Waals surface area (Å²) in [5.41, 5.74) is 2.64. The fraction of sp³-hybridized carbons (Fsp3) is 0.500. The van der Waals surface area contributed by atoms with Gasteiger partial charge in [-0.25, -0.2) is 0 Å². The first kappa shape index (κ1) is 12.1. The predicted octanol–water partition coefficient (Wildman–Crippen LogP) is 2.54. The summed E-state index contributed by atoms with van der Waals surface area (Å²) in [6.45, 7) is 4.58. The lowest BCUT2D eigenvalue weighted by Crippen LogP contribution is -2.43. The van der Waals surface area contributed by atoms with E-state index in [2.05, 4.69) is 56.5 Å². The van der Waals surface area contributed by atoms with Crippen LogP contribution in [-0.2, 0) is 0 Å². The molecular formula is C16H22N4. The molecule has 1 unspecified atom stereocenters. The van der Waals surface area contributed by atoms with Crippen LogP contribution in [0.1, 0.15) is 19.3 Å². The Kier molecular flexibility index (Phi) is 3.03. The maximum absolute atomic E-state index is 3.30. The van der Waals surface area contributed by atoms with Crippen molar-refractivity contribution in [2.75, 3.05) is 36.0 Å². The SMILES string of the molecule is C1=CN(c2c[nH]cc2N2CC=CC2N2CCCC2)CC1. The summed E-state index contributed by atoms with van der Waals surface area (Å²) < 4.78 is 0. The average molecular weight is 270 g/mol. The molecule has 4 rings (SSSR count). The Hall–Kier alpha value is -1.68. The lowest BCUT2D eigenvalue weighted by Gasteiger charge is -2.34. The lowest BCUT2D eigenvalue weighted by atomic mass is 10.3. The summed E-state index contributed by atoms with van der Waals surface area (Å²) in [5, 5.41) is 0. The maximum Gasteiger partial charge on any atom is 0.102 e. The number of rotatable bonds is 3. The van der Waals surface area contributed by atoms with Crippen LogP contribution in [-0.4, -0.2) is 42.2 Å². The Bertz CT molecular complexity index is 524. The minimum absolute atomic E-state index is 0.443. The Labute approximate surface area is 120 Å². The van der Waals surface area contributed by atoms with Crippen molar-refractivity contribution in [2.45, 2.75) is 25.4 Å². The summed E-state index contributed by atoms with van der Waals surface area (Å²) in [6.07, 6.45) is 17.7. The second-order valence-electron chi connectivity index (χ2n) is 5.83. The number of H-pyrrole nitrogens is 1. The van der Waals surface area contributed by atoms with Gasteiger partial charge in [0, 0.05) is 44.8 Å². The van der Waals surface area contributed by atoms with Gasteiger partial charge in [0.2, 0.25) is 0 Å². The molecular weight excluding hydrogens is 248 g/mol. The topological polar surface area (TPSA) is 25.5 Å². The van der Waals surface area contributed by atoms with Gasteiger partial charge in [0.05, 0.1) is 11.4 Å². The van der Waals surface area contributed by atoms with Crippen LogP contribution in [0, 0.1) is 0 Å². The van der Waals surface area contributed by atoms with Gasteiger partial charge in [0.25, 0.3) is 0 Å². The predicted molar refractivity (Wildman–Crippen MR) is 83.0 cm³/mol. The van der Waals surface area contributed by atoms with Gasteiger partial charge in [-0.3, -0.25) is 4.90 Å². The van der Waals surface area contributed by atoms with E-state index in [1.54, 1.807) is 0 Å². The molecule has 3 aliphatic heterocycles. The van der Waals surface area contributed by atoms with Gasteiger partial charge in [-0.2, -0.15) is 0 Å². The zero-order valence-electron chi connectivity index (χ0n) is 11.8. The number of anilines is 2. The zero-order valence-corrected chi connectivity index (χ0v) is 11.8. The first-order valence-electron chi connectivity index (χ1n) is 7.71. The molecule has 4 nitrogen and oxygen atoms in total. The van der Waals surface area contributed by atoms with Crippen LogP contribution in [0.2, 0.25) is 0 Å². The molecule has 1 fully saturated rings. The Morgan fingerprint density at radius 1 is 1.00 bits per heavy atom. The molecule has 106 valence electrons. The van der Waals surface area contributed by atoms with Gasteiger partial charge in [0.1, 0.15) is 6.17 Å².